The highest BCUT2D eigenvalue weighted by molar-refractivity contribution is 5.74. The number of rotatable bonds is 15. The lowest BCUT2D eigenvalue weighted by atomic mass is 10.0. The summed E-state index contributed by atoms with van der Waals surface area (Å²) in [6, 6.07) is 0. The van der Waals surface area contributed by atoms with Crippen LogP contribution in [0.4, 0.5) is 0 Å². The quantitative estimate of drug-likeness (QED) is 0.241. The summed E-state index contributed by atoms with van der Waals surface area (Å²) < 4.78 is 0. The largest absolute Gasteiger partial charge is 0.366 e. The summed E-state index contributed by atoms with van der Waals surface area (Å²) in [4.78, 5) is 25.5. The topological polar surface area (TPSA) is 49.9 Å². The van der Waals surface area contributed by atoms with Crippen LogP contribution in [0.15, 0.2) is 29.3 Å². The van der Waals surface area contributed by atoms with E-state index >= 15 is 0 Å². The third kappa shape index (κ3) is 10.1. The molecule has 3 heteroatoms. The zero-order valence-corrected chi connectivity index (χ0v) is 15.9. The van der Waals surface area contributed by atoms with Crippen LogP contribution < -0.4 is 5.43 Å². The van der Waals surface area contributed by atoms with Crippen molar-refractivity contribution in [2.45, 2.75) is 90.4 Å². The zero-order valence-electron chi connectivity index (χ0n) is 15.9. The lowest BCUT2D eigenvalue weighted by molar-refractivity contribution is 0.112. The van der Waals surface area contributed by atoms with Gasteiger partial charge in [0.15, 0.2) is 11.7 Å². The molecule has 0 saturated carbocycles. The number of pyridine rings is 1. The van der Waals surface area contributed by atoms with Gasteiger partial charge >= 0.3 is 0 Å². The standard InChI is InChI=1S/C22H35NO2/c1-2-3-4-5-6-7-8-9-10-11-12-13-14-15-16-20-17-23-18-21(19-24)22(20)25/h9-10,17-19H,2-8,11-16H2,1H3,(H,23,25)/b10-9-. The van der Waals surface area contributed by atoms with Gasteiger partial charge in [0.2, 0.25) is 0 Å². The molecule has 0 unspecified atom stereocenters. The van der Waals surface area contributed by atoms with Gasteiger partial charge in [0.05, 0.1) is 5.56 Å². The van der Waals surface area contributed by atoms with Crippen LogP contribution in [-0.4, -0.2) is 11.3 Å². The number of hydrogen-bond acceptors (Lipinski definition) is 2. The second-order valence-corrected chi connectivity index (χ2v) is 6.86. The molecule has 0 aliphatic carbocycles. The second-order valence-electron chi connectivity index (χ2n) is 6.86. The number of aldehydes is 1. The molecule has 0 bridgehead atoms. The smallest absolute Gasteiger partial charge is 0.195 e. The van der Waals surface area contributed by atoms with Gasteiger partial charge in [0, 0.05) is 18.0 Å². The van der Waals surface area contributed by atoms with E-state index in [0.29, 0.717) is 6.29 Å². The van der Waals surface area contributed by atoms with Crippen LogP contribution in [0.1, 0.15) is 99.9 Å². The summed E-state index contributed by atoms with van der Waals surface area (Å²) in [6.07, 6.45) is 24.4. The van der Waals surface area contributed by atoms with Gasteiger partial charge in [-0.2, -0.15) is 0 Å². The Morgan fingerprint density at radius 2 is 1.44 bits per heavy atom. The van der Waals surface area contributed by atoms with Crippen molar-refractivity contribution in [3.05, 3.63) is 45.9 Å². The summed E-state index contributed by atoms with van der Waals surface area (Å²) in [7, 11) is 0. The van der Waals surface area contributed by atoms with E-state index in [1.165, 1.54) is 64.0 Å². The second kappa shape index (κ2) is 14.7. The highest BCUT2D eigenvalue weighted by Crippen LogP contribution is 2.09. The van der Waals surface area contributed by atoms with Crippen molar-refractivity contribution in [2.75, 3.05) is 0 Å². The lowest BCUT2D eigenvalue weighted by Crippen LogP contribution is -2.14. The molecule has 0 radical (unpaired) electrons. The summed E-state index contributed by atoms with van der Waals surface area (Å²) in [5, 5.41) is 0. The van der Waals surface area contributed by atoms with Gasteiger partial charge in [-0.05, 0) is 38.5 Å². The Morgan fingerprint density at radius 3 is 2.08 bits per heavy atom. The number of allylic oxidation sites excluding steroid dienone is 2. The van der Waals surface area contributed by atoms with Crippen molar-refractivity contribution in [1.29, 1.82) is 0 Å². The number of carbonyl (C=O) groups is 1. The van der Waals surface area contributed by atoms with Crippen LogP contribution >= 0.6 is 0 Å². The van der Waals surface area contributed by atoms with Crippen LogP contribution in [0, 0.1) is 0 Å². The molecule has 1 aromatic rings. The Hall–Kier alpha value is -1.64. The molecule has 0 fully saturated rings. The minimum Gasteiger partial charge on any atom is -0.366 e. The molecule has 0 aliphatic heterocycles. The first-order valence-electron chi connectivity index (χ1n) is 10.1. The van der Waals surface area contributed by atoms with Crippen LogP contribution in [0.5, 0.6) is 0 Å². The van der Waals surface area contributed by atoms with Crippen LogP contribution in [-0.2, 0) is 6.42 Å². The average molecular weight is 346 g/mol. The van der Waals surface area contributed by atoms with E-state index in [1.807, 2.05) is 0 Å². The average Bonchev–Trinajstić information content (AvgIpc) is 2.63. The van der Waals surface area contributed by atoms with E-state index in [1.54, 1.807) is 6.20 Å². The van der Waals surface area contributed by atoms with Gasteiger partial charge in [-0.25, -0.2) is 0 Å². The number of unbranched alkanes of at least 4 members (excludes halogenated alkanes) is 10. The molecule has 0 aromatic carbocycles. The molecule has 0 spiro atoms. The monoisotopic (exact) mass is 345 g/mol. The normalized spacial score (nSPS) is 11.2. The minimum absolute atomic E-state index is 0.119. The summed E-state index contributed by atoms with van der Waals surface area (Å²) in [5.74, 6) is 0. The fourth-order valence-electron chi connectivity index (χ4n) is 3.03. The maximum absolute atomic E-state index is 11.9. The van der Waals surface area contributed by atoms with Crippen molar-refractivity contribution in [3.63, 3.8) is 0 Å². The molecular weight excluding hydrogens is 310 g/mol. The highest BCUT2D eigenvalue weighted by Gasteiger charge is 2.03. The van der Waals surface area contributed by atoms with Gasteiger partial charge in [-0.15, -0.1) is 0 Å². The molecule has 1 heterocycles. The molecule has 1 aromatic heterocycles. The van der Waals surface area contributed by atoms with E-state index in [9.17, 15) is 9.59 Å². The zero-order chi connectivity index (χ0) is 18.2. The first-order valence-corrected chi connectivity index (χ1v) is 10.1. The highest BCUT2D eigenvalue weighted by atomic mass is 16.1. The molecule has 0 saturated heterocycles. The molecule has 0 amide bonds. The maximum Gasteiger partial charge on any atom is 0.195 e. The number of aromatic amines is 1. The molecule has 25 heavy (non-hydrogen) atoms. The van der Waals surface area contributed by atoms with Crippen LogP contribution in [0.25, 0.3) is 0 Å². The Balaban J connectivity index is 1.98. The minimum atomic E-state index is -0.119. The molecule has 140 valence electrons. The SMILES string of the molecule is CCCCCCCC/C=C\CCCCCCc1c[nH]cc(C=O)c1=O. The van der Waals surface area contributed by atoms with Crippen molar-refractivity contribution < 1.29 is 4.79 Å². The number of nitrogens with one attached hydrogen (secondary N) is 1. The summed E-state index contributed by atoms with van der Waals surface area (Å²) in [5.41, 5.74) is 0.836. The van der Waals surface area contributed by atoms with E-state index in [0.717, 1.165) is 31.2 Å². The number of carbonyl (C=O) groups excluding carboxylic acids is 1. The Kier molecular flexibility index (Phi) is 12.6. The van der Waals surface area contributed by atoms with Gasteiger partial charge < -0.3 is 4.98 Å². The van der Waals surface area contributed by atoms with Gasteiger partial charge in [0.1, 0.15) is 0 Å². The molecule has 3 nitrogen and oxygen atoms in total. The molecular formula is C22H35NO2. The van der Waals surface area contributed by atoms with Crippen molar-refractivity contribution in [2.24, 2.45) is 0 Å². The Bertz CT molecular complexity index is 545. The molecule has 1 rings (SSSR count). The van der Waals surface area contributed by atoms with E-state index < -0.39 is 0 Å². The fourth-order valence-corrected chi connectivity index (χ4v) is 3.03. The summed E-state index contributed by atoms with van der Waals surface area (Å²) >= 11 is 0. The summed E-state index contributed by atoms with van der Waals surface area (Å²) in [6.45, 7) is 2.26. The number of aromatic nitrogens is 1. The third-order valence-electron chi connectivity index (χ3n) is 4.64. The Labute approximate surface area is 152 Å². The van der Waals surface area contributed by atoms with Crippen molar-refractivity contribution in [1.82, 2.24) is 4.98 Å². The number of hydrogen-bond donors (Lipinski definition) is 1. The van der Waals surface area contributed by atoms with Crippen molar-refractivity contribution >= 4 is 6.29 Å². The van der Waals surface area contributed by atoms with Gasteiger partial charge in [-0.3, -0.25) is 9.59 Å². The number of H-pyrrole nitrogens is 1. The molecule has 0 aliphatic rings. The third-order valence-corrected chi connectivity index (χ3v) is 4.64. The number of aryl methyl sites for hydroxylation is 1. The molecule has 1 N–H and O–H groups in total. The lowest BCUT2D eigenvalue weighted by Gasteiger charge is -2.02. The predicted molar refractivity (Wildman–Crippen MR) is 106 cm³/mol. The van der Waals surface area contributed by atoms with Crippen molar-refractivity contribution in [3.8, 4) is 0 Å². The van der Waals surface area contributed by atoms with Gasteiger partial charge in [-0.1, -0.05) is 64.0 Å². The fraction of sp³-hybridized carbons (Fsp3) is 0.636. The van der Waals surface area contributed by atoms with Crippen LogP contribution in [0.3, 0.4) is 0 Å². The first kappa shape index (κ1) is 21.4. The maximum atomic E-state index is 11.9. The van der Waals surface area contributed by atoms with Crippen LogP contribution in [0.2, 0.25) is 0 Å². The van der Waals surface area contributed by atoms with E-state index in [-0.39, 0.29) is 11.0 Å². The first-order chi connectivity index (χ1) is 12.3. The van der Waals surface area contributed by atoms with E-state index in [2.05, 4.69) is 24.1 Å². The van der Waals surface area contributed by atoms with Gasteiger partial charge in [0.25, 0.3) is 0 Å². The van der Waals surface area contributed by atoms with E-state index in [4.69, 9.17) is 0 Å². The predicted octanol–water partition coefficient (Wildman–Crippen LogP) is 5.99. The molecule has 0 atom stereocenters. The Morgan fingerprint density at radius 1 is 0.840 bits per heavy atom.